The Kier molecular flexibility index (Phi) is 9.80. The average Bonchev–Trinajstić information content (AvgIpc) is 3.52. The third-order valence-electron chi connectivity index (χ3n) is 9.96. The second kappa shape index (κ2) is 14.3. The van der Waals surface area contributed by atoms with Gasteiger partial charge in [0.1, 0.15) is 35.3 Å². The fourth-order valence-corrected chi connectivity index (χ4v) is 7.70. The number of carbonyl (C=O) groups excluding carboxylic acids is 1. The Morgan fingerprint density at radius 2 is 1.92 bits per heavy atom. The molecule has 7 rings (SSSR count). The Hall–Kier alpha value is -4.80. The van der Waals surface area contributed by atoms with Crippen molar-refractivity contribution in [3.8, 4) is 35.4 Å². The van der Waals surface area contributed by atoms with E-state index in [1.165, 1.54) is 18.3 Å². The highest BCUT2D eigenvalue weighted by atomic mass is 19.1. The fourth-order valence-electron chi connectivity index (χ4n) is 7.70. The predicted molar refractivity (Wildman–Crippen MR) is 193 cm³/mol. The highest BCUT2D eigenvalue weighted by molar-refractivity contribution is 6.03. The van der Waals surface area contributed by atoms with Crippen molar-refractivity contribution < 1.29 is 32.5 Å². The van der Waals surface area contributed by atoms with Crippen LogP contribution in [0, 0.1) is 18.2 Å². The van der Waals surface area contributed by atoms with Crippen LogP contribution in [0.4, 0.5) is 19.4 Å². The first-order valence-corrected chi connectivity index (χ1v) is 17.8. The zero-order valence-corrected chi connectivity index (χ0v) is 30.1. The number of hydrazine groups is 1. The summed E-state index contributed by atoms with van der Waals surface area (Å²) in [5.41, 5.74) is -0.329. The largest absolute Gasteiger partial charge is 0.468 e. The Labute approximate surface area is 302 Å². The Morgan fingerprint density at radius 1 is 1.10 bits per heavy atom. The summed E-state index contributed by atoms with van der Waals surface area (Å²) in [4.78, 5) is 29.9. The molecule has 274 valence electrons. The van der Waals surface area contributed by atoms with Crippen LogP contribution >= 0.6 is 0 Å². The molecule has 3 aliphatic rings. The number of fused-ring (bicyclic) bond motifs is 3. The van der Waals surface area contributed by atoms with E-state index in [-0.39, 0.29) is 41.8 Å². The van der Waals surface area contributed by atoms with Gasteiger partial charge in [-0.15, -0.1) is 6.42 Å². The van der Waals surface area contributed by atoms with E-state index in [1.54, 1.807) is 37.9 Å². The molecule has 0 bridgehead atoms. The minimum absolute atomic E-state index is 0.00448. The van der Waals surface area contributed by atoms with Crippen LogP contribution in [0.3, 0.4) is 0 Å². The maximum atomic E-state index is 17.3. The number of halogens is 2. The normalized spacial score (nSPS) is 20.9. The van der Waals surface area contributed by atoms with Crippen molar-refractivity contribution in [3.63, 3.8) is 0 Å². The van der Waals surface area contributed by atoms with Gasteiger partial charge in [-0.25, -0.2) is 18.6 Å². The third-order valence-corrected chi connectivity index (χ3v) is 9.96. The lowest BCUT2D eigenvalue weighted by Gasteiger charge is -2.36. The third kappa shape index (κ3) is 6.89. The summed E-state index contributed by atoms with van der Waals surface area (Å²) >= 11 is 0. The van der Waals surface area contributed by atoms with Crippen LogP contribution in [0.5, 0.6) is 11.8 Å². The number of terminal acetylenes is 1. The molecule has 0 radical (unpaired) electrons. The summed E-state index contributed by atoms with van der Waals surface area (Å²) < 4.78 is 55.0. The maximum Gasteiger partial charge on any atom is 0.429 e. The van der Waals surface area contributed by atoms with Crippen LogP contribution in [-0.2, 0) is 9.47 Å². The second-order valence-corrected chi connectivity index (χ2v) is 14.7. The molecule has 2 atom stereocenters. The lowest BCUT2D eigenvalue weighted by Crippen LogP contribution is -2.49. The number of amides is 1. The van der Waals surface area contributed by atoms with Crippen molar-refractivity contribution >= 4 is 33.6 Å². The number of methoxy groups -OCH3 is 1. The van der Waals surface area contributed by atoms with Crippen LogP contribution in [-0.4, -0.2) is 95.0 Å². The first-order chi connectivity index (χ1) is 25.0. The Bertz CT molecular complexity index is 2030. The Balaban J connectivity index is 1.40. The lowest BCUT2D eigenvalue weighted by molar-refractivity contribution is 0.0232. The molecule has 0 N–H and O–H groups in total. The SMILES string of the molecule is C#Cc1cccc2cc(OCOC)cc(-c3ncc4c(N5CCCCCN5C(=O)OC(C)(C)C)nc(OC[C@@]56CCCN5C[C@H](F)C6)nc4c3F)c12. The van der Waals surface area contributed by atoms with Crippen molar-refractivity contribution in [3.05, 3.63) is 47.9 Å². The fraction of sp³-hybridized carbons (Fsp3) is 0.487. The number of anilines is 1. The van der Waals surface area contributed by atoms with Gasteiger partial charge in [-0.3, -0.25) is 14.9 Å². The number of alkyl halides is 1. The topological polar surface area (TPSA) is 102 Å². The van der Waals surface area contributed by atoms with Crippen molar-refractivity contribution in [2.45, 2.75) is 76.6 Å². The predicted octanol–water partition coefficient (Wildman–Crippen LogP) is 7.05. The molecule has 2 aromatic heterocycles. The van der Waals surface area contributed by atoms with Gasteiger partial charge in [0.25, 0.3) is 0 Å². The van der Waals surface area contributed by atoms with Gasteiger partial charge in [0, 0.05) is 55.9 Å². The molecule has 11 nitrogen and oxygen atoms in total. The average molecular weight is 715 g/mol. The van der Waals surface area contributed by atoms with E-state index in [1.807, 2.05) is 18.2 Å². The number of rotatable bonds is 8. The van der Waals surface area contributed by atoms with Crippen molar-refractivity contribution in [1.82, 2.24) is 24.9 Å². The molecule has 0 unspecified atom stereocenters. The molecule has 0 saturated carbocycles. The highest BCUT2D eigenvalue weighted by Gasteiger charge is 2.49. The quantitative estimate of drug-likeness (QED) is 0.140. The molecule has 4 aromatic rings. The van der Waals surface area contributed by atoms with Gasteiger partial charge in [-0.2, -0.15) is 9.97 Å². The number of aromatic nitrogens is 3. The van der Waals surface area contributed by atoms with Crippen LogP contribution < -0.4 is 14.5 Å². The van der Waals surface area contributed by atoms with E-state index in [2.05, 4.69) is 20.8 Å². The van der Waals surface area contributed by atoms with Crippen molar-refractivity contribution in [2.75, 3.05) is 51.7 Å². The number of carbonyl (C=O) groups is 1. The molecule has 5 heterocycles. The van der Waals surface area contributed by atoms with E-state index < -0.39 is 29.2 Å². The van der Waals surface area contributed by atoms with Gasteiger partial charge in [0.2, 0.25) is 0 Å². The van der Waals surface area contributed by atoms with Gasteiger partial charge in [-0.05, 0) is 83.0 Å². The van der Waals surface area contributed by atoms with Gasteiger partial charge < -0.3 is 18.9 Å². The minimum Gasteiger partial charge on any atom is -0.468 e. The molecule has 3 aliphatic heterocycles. The molecular weight excluding hydrogens is 670 g/mol. The first kappa shape index (κ1) is 35.6. The Morgan fingerprint density at radius 3 is 2.71 bits per heavy atom. The number of nitrogens with zero attached hydrogens (tertiary/aromatic N) is 6. The smallest absolute Gasteiger partial charge is 0.429 e. The zero-order chi connectivity index (χ0) is 36.6. The number of benzene rings is 2. The summed E-state index contributed by atoms with van der Waals surface area (Å²) in [6.45, 7) is 7.47. The van der Waals surface area contributed by atoms with Crippen LogP contribution in [0.15, 0.2) is 36.5 Å². The molecule has 1 amide bonds. The number of ether oxygens (including phenoxy) is 4. The van der Waals surface area contributed by atoms with E-state index in [9.17, 15) is 9.18 Å². The van der Waals surface area contributed by atoms with Gasteiger partial charge in [0.15, 0.2) is 18.4 Å². The molecule has 3 saturated heterocycles. The molecular formula is C39H44F2N6O5. The van der Waals surface area contributed by atoms with E-state index in [0.29, 0.717) is 48.3 Å². The molecule has 2 aromatic carbocycles. The van der Waals surface area contributed by atoms with E-state index in [0.717, 1.165) is 44.0 Å². The number of pyridine rings is 1. The maximum absolute atomic E-state index is 17.3. The monoisotopic (exact) mass is 714 g/mol. The van der Waals surface area contributed by atoms with Gasteiger partial charge in [-0.1, -0.05) is 18.1 Å². The number of hydrogen-bond acceptors (Lipinski definition) is 10. The molecule has 0 spiro atoms. The lowest BCUT2D eigenvalue weighted by atomic mass is 9.95. The van der Waals surface area contributed by atoms with Gasteiger partial charge in [0.05, 0.1) is 10.9 Å². The van der Waals surface area contributed by atoms with Crippen LogP contribution in [0.1, 0.15) is 64.9 Å². The minimum atomic E-state index is -0.950. The summed E-state index contributed by atoms with van der Waals surface area (Å²) in [6.07, 6.45) is 10.4. The highest BCUT2D eigenvalue weighted by Crippen LogP contribution is 2.42. The van der Waals surface area contributed by atoms with Gasteiger partial charge >= 0.3 is 12.1 Å². The summed E-state index contributed by atoms with van der Waals surface area (Å²) in [7, 11) is 1.51. The standard InChI is InChI=1S/C39H44F2N6O5/c1-6-25-12-10-13-26-18-28(51-24-49-5)19-29(31(25)26)33-32(41)34-30(21-42-33)35(46-16-8-7-9-17-47(46)37(48)52-38(2,3)4)44-36(43-34)50-23-39-14-11-15-45(39)22-27(40)20-39/h1,10,12-13,18-19,21,27H,7-9,11,14-17,20,22-24H2,2-5H3/t27-,39+/m1/s1. The molecule has 0 aliphatic carbocycles. The summed E-state index contributed by atoms with van der Waals surface area (Å²) in [5.74, 6) is 2.68. The van der Waals surface area contributed by atoms with Crippen molar-refractivity contribution in [1.29, 1.82) is 0 Å². The summed E-state index contributed by atoms with van der Waals surface area (Å²) in [6, 6.07) is 8.89. The van der Waals surface area contributed by atoms with Crippen LogP contribution in [0.25, 0.3) is 32.9 Å². The van der Waals surface area contributed by atoms with E-state index in [4.69, 9.17) is 30.4 Å². The summed E-state index contributed by atoms with van der Waals surface area (Å²) in [5, 5.41) is 4.87. The number of hydrogen-bond donors (Lipinski definition) is 0. The van der Waals surface area contributed by atoms with E-state index >= 15 is 4.39 Å². The zero-order valence-electron chi connectivity index (χ0n) is 30.1. The van der Waals surface area contributed by atoms with Crippen molar-refractivity contribution in [2.24, 2.45) is 0 Å². The first-order valence-electron chi connectivity index (χ1n) is 17.8. The second-order valence-electron chi connectivity index (χ2n) is 14.7. The molecule has 3 fully saturated rings. The molecule has 52 heavy (non-hydrogen) atoms. The van der Waals surface area contributed by atoms with Crippen LogP contribution in [0.2, 0.25) is 0 Å². The molecule has 13 heteroatoms.